The molecule has 1 aromatic heterocycles. The van der Waals surface area contributed by atoms with Gasteiger partial charge < -0.3 is 19.3 Å². The second kappa shape index (κ2) is 9.26. The van der Waals surface area contributed by atoms with E-state index in [1.54, 1.807) is 23.8 Å². The summed E-state index contributed by atoms with van der Waals surface area (Å²) in [5, 5.41) is 0.473. The van der Waals surface area contributed by atoms with Crippen LogP contribution in [0.1, 0.15) is 25.7 Å². The topological polar surface area (TPSA) is 76.9 Å². The number of fused-ring (bicyclic) bond motifs is 1. The Bertz CT molecular complexity index is 925. The van der Waals surface area contributed by atoms with Gasteiger partial charge in [0.2, 0.25) is 5.91 Å². The number of amides is 1. The van der Waals surface area contributed by atoms with Crippen LogP contribution in [0.3, 0.4) is 0 Å². The highest BCUT2D eigenvalue weighted by Gasteiger charge is 2.24. The Morgan fingerprint density at radius 3 is 2.66 bits per heavy atom. The number of methoxy groups -OCH3 is 2. The summed E-state index contributed by atoms with van der Waals surface area (Å²) >= 11 is 0. The lowest BCUT2D eigenvalue weighted by molar-refractivity contribution is -0.133. The number of rotatable bonds is 7. The van der Waals surface area contributed by atoms with Crippen LogP contribution < -0.4 is 15.0 Å². The number of aromatic nitrogens is 2. The fourth-order valence-corrected chi connectivity index (χ4v) is 3.81. The fraction of sp³-hybridized carbons (Fsp3) is 0.571. The molecule has 29 heavy (non-hydrogen) atoms. The zero-order valence-corrected chi connectivity index (χ0v) is 17.7. The van der Waals surface area contributed by atoms with Gasteiger partial charge in [-0.3, -0.25) is 14.2 Å². The Kier molecular flexibility index (Phi) is 6.74. The molecule has 2 aromatic rings. The molecule has 0 aliphatic carbocycles. The van der Waals surface area contributed by atoms with Gasteiger partial charge >= 0.3 is 0 Å². The Balaban J connectivity index is 1.65. The van der Waals surface area contributed by atoms with E-state index >= 15 is 0 Å². The van der Waals surface area contributed by atoms with E-state index in [1.165, 1.54) is 13.4 Å². The van der Waals surface area contributed by atoms with Crippen molar-refractivity contribution in [2.45, 2.75) is 38.3 Å². The van der Waals surface area contributed by atoms with Crippen molar-refractivity contribution >= 4 is 16.8 Å². The number of benzene rings is 1. The van der Waals surface area contributed by atoms with Crippen molar-refractivity contribution in [1.82, 2.24) is 19.4 Å². The molecule has 1 aliphatic rings. The van der Waals surface area contributed by atoms with Gasteiger partial charge in [-0.25, -0.2) is 4.98 Å². The maximum atomic E-state index is 12.8. The van der Waals surface area contributed by atoms with E-state index in [2.05, 4.69) is 24.0 Å². The smallest absolute Gasteiger partial charge is 0.261 e. The molecule has 0 radical (unpaired) electrons. The van der Waals surface area contributed by atoms with Crippen molar-refractivity contribution in [3.8, 4) is 11.5 Å². The maximum absolute atomic E-state index is 12.8. The third kappa shape index (κ3) is 4.70. The second-order valence-electron chi connectivity index (χ2n) is 7.67. The van der Waals surface area contributed by atoms with Gasteiger partial charge in [0.15, 0.2) is 11.5 Å². The molecular formula is C21H30N4O4. The Hall–Kier alpha value is -2.61. The Morgan fingerprint density at radius 2 is 1.97 bits per heavy atom. The van der Waals surface area contributed by atoms with Gasteiger partial charge in [-0.1, -0.05) is 0 Å². The number of aryl methyl sites for hydroxylation is 1. The fourth-order valence-electron chi connectivity index (χ4n) is 3.81. The molecule has 8 heteroatoms. The van der Waals surface area contributed by atoms with E-state index in [4.69, 9.17) is 9.47 Å². The predicted molar refractivity (Wildman–Crippen MR) is 112 cm³/mol. The van der Waals surface area contributed by atoms with Gasteiger partial charge in [0.25, 0.3) is 5.56 Å². The van der Waals surface area contributed by atoms with Crippen molar-refractivity contribution in [2.24, 2.45) is 0 Å². The van der Waals surface area contributed by atoms with Gasteiger partial charge in [0, 0.05) is 38.2 Å². The van der Waals surface area contributed by atoms with Crippen molar-refractivity contribution in [3.05, 3.63) is 28.8 Å². The van der Waals surface area contributed by atoms with Gasteiger partial charge in [0.05, 0.1) is 31.4 Å². The number of likely N-dealkylation sites (tertiary alicyclic amines) is 1. The lowest BCUT2D eigenvalue weighted by atomic mass is 10.0. The van der Waals surface area contributed by atoms with Crippen LogP contribution in [0.5, 0.6) is 11.5 Å². The minimum atomic E-state index is -0.144. The number of hydrogen-bond donors (Lipinski definition) is 0. The lowest BCUT2D eigenvalue weighted by Gasteiger charge is -2.36. The highest BCUT2D eigenvalue weighted by atomic mass is 16.5. The Morgan fingerprint density at radius 1 is 1.24 bits per heavy atom. The first-order valence-electron chi connectivity index (χ1n) is 10.00. The van der Waals surface area contributed by atoms with Crippen LogP contribution in [0.15, 0.2) is 23.3 Å². The Labute approximate surface area is 171 Å². The molecule has 0 bridgehead atoms. The molecule has 158 valence electrons. The van der Waals surface area contributed by atoms with Crippen LogP contribution in [-0.2, 0) is 11.3 Å². The normalized spacial score (nSPS) is 17.0. The third-order valence-electron chi connectivity index (χ3n) is 5.60. The van der Waals surface area contributed by atoms with E-state index in [0.29, 0.717) is 47.8 Å². The van der Waals surface area contributed by atoms with Crippen molar-refractivity contribution < 1.29 is 14.3 Å². The first-order valence-corrected chi connectivity index (χ1v) is 10.00. The third-order valence-corrected chi connectivity index (χ3v) is 5.60. The SMILES string of the molecule is COc1cc2ncn(CCCC(=O)N3CCCC(N(C)C)C3)c(=O)c2cc1OC. The summed E-state index contributed by atoms with van der Waals surface area (Å²) in [6.07, 6.45) is 4.72. The summed E-state index contributed by atoms with van der Waals surface area (Å²) in [6, 6.07) is 3.77. The monoisotopic (exact) mass is 402 g/mol. The molecule has 1 amide bonds. The molecule has 1 unspecified atom stereocenters. The summed E-state index contributed by atoms with van der Waals surface area (Å²) in [7, 11) is 7.20. The van der Waals surface area contributed by atoms with Gasteiger partial charge in [-0.2, -0.15) is 0 Å². The van der Waals surface area contributed by atoms with Crippen LogP contribution in [0.25, 0.3) is 10.9 Å². The van der Waals surface area contributed by atoms with Crippen molar-refractivity contribution in [2.75, 3.05) is 41.4 Å². The molecule has 3 rings (SSSR count). The summed E-state index contributed by atoms with van der Waals surface area (Å²) < 4.78 is 12.1. The highest BCUT2D eigenvalue weighted by molar-refractivity contribution is 5.81. The zero-order valence-electron chi connectivity index (χ0n) is 17.7. The summed E-state index contributed by atoms with van der Waals surface area (Å²) in [6.45, 7) is 2.06. The quantitative estimate of drug-likeness (QED) is 0.702. The van der Waals surface area contributed by atoms with E-state index in [-0.39, 0.29) is 11.5 Å². The van der Waals surface area contributed by atoms with Crippen LogP contribution in [0.2, 0.25) is 0 Å². The van der Waals surface area contributed by atoms with Gasteiger partial charge in [0.1, 0.15) is 0 Å². The van der Waals surface area contributed by atoms with Crippen LogP contribution >= 0.6 is 0 Å². The number of piperidine rings is 1. The summed E-state index contributed by atoms with van der Waals surface area (Å²) in [4.78, 5) is 33.9. The van der Waals surface area contributed by atoms with Gasteiger partial charge in [-0.15, -0.1) is 0 Å². The van der Waals surface area contributed by atoms with Crippen LogP contribution in [-0.4, -0.2) is 72.7 Å². The molecule has 8 nitrogen and oxygen atoms in total. The molecule has 1 atom stereocenters. The zero-order chi connectivity index (χ0) is 21.0. The number of ether oxygens (including phenoxy) is 2. The summed E-state index contributed by atoms with van der Waals surface area (Å²) in [5.74, 6) is 1.19. The average Bonchev–Trinajstić information content (AvgIpc) is 2.74. The van der Waals surface area contributed by atoms with Crippen LogP contribution in [0.4, 0.5) is 0 Å². The number of hydrogen-bond acceptors (Lipinski definition) is 6. The van der Waals surface area contributed by atoms with E-state index in [1.807, 2.05) is 4.90 Å². The van der Waals surface area contributed by atoms with E-state index < -0.39 is 0 Å². The first-order chi connectivity index (χ1) is 13.9. The molecule has 0 N–H and O–H groups in total. The molecular weight excluding hydrogens is 372 g/mol. The predicted octanol–water partition coefficient (Wildman–Crippen LogP) is 1.75. The minimum Gasteiger partial charge on any atom is -0.493 e. The number of nitrogens with zero attached hydrogens (tertiary/aromatic N) is 4. The van der Waals surface area contributed by atoms with E-state index in [9.17, 15) is 9.59 Å². The number of carbonyl (C=O) groups excluding carboxylic acids is 1. The molecule has 0 saturated carbocycles. The molecule has 1 fully saturated rings. The molecule has 1 aliphatic heterocycles. The largest absolute Gasteiger partial charge is 0.493 e. The molecule has 1 aromatic carbocycles. The second-order valence-corrected chi connectivity index (χ2v) is 7.67. The molecule has 0 spiro atoms. The first kappa shape index (κ1) is 21.1. The number of carbonyl (C=O) groups is 1. The van der Waals surface area contributed by atoms with E-state index in [0.717, 1.165) is 25.9 Å². The molecule has 2 heterocycles. The van der Waals surface area contributed by atoms with Crippen LogP contribution in [0, 0.1) is 0 Å². The highest BCUT2D eigenvalue weighted by Crippen LogP contribution is 2.29. The standard InChI is InChI=1S/C21H30N4O4/c1-23(2)15-7-5-9-24(13-15)20(26)8-6-10-25-14-22-17-12-19(29-4)18(28-3)11-16(17)21(25)27/h11-12,14-15H,5-10,13H2,1-4H3. The van der Waals surface area contributed by atoms with Crippen molar-refractivity contribution in [3.63, 3.8) is 0 Å². The van der Waals surface area contributed by atoms with Crippen molar-refractivity contribution in [1.29, 1.82) is 0 Å². The number of likely N-dealkylation sites (N-methyl/N-ethyl adjacent to an activating group) is 1. The average molecular weight is 402 g/mol. The molecule has 1 saturated heterocycles. The minimum absolute atomic E-state index is 0.144. The van der Waals surface area contributed by atoms with Gasteiger partial charge in [-0.05, 0) is 39.4 Å². The lowest BCUT2D eigenvalue weighted by Crippen LogP contribution is -2.47. The maximum Gasteiger partial charge on any atom is 0.261 e. The summed E-state index contributed by atoms with van der Waals surface area (Å²) in [5.41, 5.74) is 0.414.